The number of carbonyl (C=O) groups excluding carboxylic acids is 2. The first kappa shape index (κ1) is 25.0. The highest BCUT2D eigenvalue weighted by Gasteiger charge is 2.44. The molecule has 8 heteroatoms. The zero-order valence-electron chi connectivity index (χ0n) is 20.7. The van der Waals surface area contributed by atoms with Crippen molar-refractivity contribution in [2.75, 3.05) is 33.2 Å². The van der Waals surface area contributed by atoms with Gasteiger partial charge in [0.2, 0.25) is 11.7 Å². The van der Waals surface area contributed by atoms with Crippen molar-refractivity contribution in [3.05, 3.63) is 83.2 Å². The lowest BCUT2D eigenvalue weighted by molar-refractivity contribution is -0.119. The van der Waals surface area contributed by atoms with Crippen LogP contribution in [0.25, 0.3) is 0 Å². The number of nitrogens with zero attached hydrogens (tertiary/aromatic N) is 1. The van der Waals surface area contributed by atoms with E-state index in [1.165, 1.54) is 45.6 Å². The summed E-state index contributed by atoms with van der Waals surface area (Å²) >= 11 is 0. The Morgan fingerprint density at radius 1 is 0.972 bits per heavy atom. The Hall–Kier alpha value is -4.07. The molecule has 0 bridgehead atoms. The number of fused-ring (bicyclic) bond motifs is 1. The molecule has 2 atom stereocenters. The van der Waals surface area contributed by atoms with Crippen LogP contribution in [0.4, 0.5) is 10.1 Å². The van der Waals surface area contributed by atoms with Crippen molar-refractivity contribution in [1.29, 1.82) is 0 Å². The van der Waals surface area contributed by atoms with Crippen molar-refractivity contribution in [2.45, 2.75) is 25.3 Å². The predicted octanol–water partition coefficient (Wildman–Crippen LogP) is 5.18. The van der Waals surface area contributed by atoms with Crippen molar-refractivity contribution in [1.82, 2.24) is 4.90 Å². The van der Waals surface area contributed by atoms with E-state index in [1.54, 1.807) is 35.2 Å². The number of carbonyl (C=O) groups is 2. The van der Waals surface area contributed by atoms with E-state index in [0.717, 1.165) is 0 Å². The summed E-state index contributed by atoms with van der Waals surface area (Å²) in [5, 5.41) is 2.91. The molecule has 188 valence electrons. The first-order chi connectivity index (χ1) is 17.4. The Morgan fingerprint density at radius 3 is 2.19 bits per heavy atom. The lowest BCUT2D eigenvalue weighted by Crippen LogP contribution is -2.46. The summed E-state index contributed by atoms with van der Waals surface area (Å²) in [6, 6.07) is 15.6. The SMILES string of the molecule is CCCN1C(=O)c2ccccc2[C@@H](C(=O)Nc2ccc(F)cc2)[C@H]1c1cc(OC)c(OC)c(OC)c1. The summed E-state index contributed by atoms with van der Waals surface area (Å²) in [4.78, 5) is 29.2. The van der Waals surface area contributed by atoms with Gasteiger partial charge in [0.05, 0.1) is 33.3 Å². The van der Waals surface area contributed by atoms with Crippen LogP contribution in [0.15, 0.2) is 60.7 Å². The largest absolute Gasteiger partial charge is 0.493 e. The second kappa shape index (κ2) is 10.7. The van der Waals surface area contributed by atoms with E-state index in [-0.39, 0.29) is 11.8 Å². The van der Waals surface area contributed by atoms with Gasteiger partial charge in [-0.2, -0.15) is 0 Å². The van der Waals surface area contributed by atoms with E-state index in [2.05, 4.69) is 5.32 Å². The standard InChI is InChI=1S/C28H29FN2O5/c1-5-14-31-25(17-15-22(34-2)26(36-4)23(16-17)35-3)24(20-8-6-7-9-21(20)28(31)33)27(32)30-19-12-10-18(29)11-13-19/h6-13,15-16,24-25H,5,14H2,1-4H3,(H,30,32)/t24-,25-/m1/s1. The van der Waals surface area contributed by atoms with Crippen LogP contribution < -0.4 is 19.5 Å². The fourth-order valence-electron chi connectivity index (χ4n) is 4.76. The monoisotopic (exact) mass is 492 g/mol. The smallest absolute Gasteiger partial charge is 0.254 e. The molecular formula is C28H29FN2O5. The van der Waals surface area contributed by atoms with Gasteiger partial charge in [-0.05, 0) is 60.0 Å². The molecule has 4 rings (SSSR count). The lowest BCUT2D eigenvalue weighted by atomic mass is 9.78. The molecule has 0 unspecified atom stereocenters. The average molecular weight is 493 g/mol. The fraction of sp³-hybridized carbons (Fsp3) is 0.286. The summed E-state index contributed by atoms with van der Waals surface area (Å²) in [6.45, 7) is 2.42. The molecule has 3 aromatic rings. The van der Waals surface area contributed by atoms with Crippen LogP contribution in [-0.4, -0.2) is 44.6 Å². The Balaban J connectivity index is 1.90. The third-order valence-electron chi connectivity index (χ3n) is 6.33. The highest BCUT2D eigenvalue weighted by atomic mass is 19.1. The molecule has 0 aliphatic carbocycles. The normalized spacial score (nSPS) is 16.8. The van der Waals surface area contributed by atoms with E-state index >= 15 is 0 Å². The van der Waals surface area contributed by atoms with Crippen LogP contribution in [0.5, 0.6) is 17.2 Å². The Labute approximate surface area is 209 Å². The number of anilines is 1. The number of rotatable bonds is 8. The first-order valence-electron chi connectivity index (χ1n) is 11.7. The van der Waals surface area contributed by atoms with Crippen molar-refractivity contribution in [3.63, 3.8) is 0 Å². The number of amides is 2. The van der Waals surface area contributed by atoms with E-state index in [0.29, 0.717) is 52.6 Å². The van der Waals surface area contributed by atoms with Gasteiger partial charge in [0.1, 0.15) is 5.82 Å². The summed E-state index contributed by atoms with van der Waals surface area (Å²) in [7, 11) is 4.55. The molecule has 0 saturated heterocycles. The number of benzene rings is 3. The van der Waals surface area contributed by atoms with Crippen LogP contribution >= 0.6 is 0 Å². The minimum absolute atomic E-state index is 0.156. The van der Waals surface area contributed by atoms with Crippen LogP contribution in [0.1, 0.15) is 46.8 Å². The second-order valence-electron chi connectivity index (χ2n) is 8.46. The zero-order chi connectivity index (χ0) is 25.8. The van der Waals surface area contributed by atoms with Gasteiger partial charge in [-0.25, -0.2) is 4.39 Å². The lowest BCUT2D eigenvalue weighted by Gasteiger charge is -2.42. The molecule has 36 heavy (non-hydrogen) atoms. The first-order valence-corrected chi connectivity index (χ1v) is 11.7. The number of halogens is 1. The molecule has 2 amide bonds. The Morgan fingerprint density at radius 2 is 1.61 bits per heavy atom. The van der Waals surface area contributed by atoms with Gasteiger partial charge < -0.3 is 24.4 Å². The third-order valence-corrected chi connectivity index (χ3v) is 6.33. The molecule has 7 nitrogen and oxygen atoms in total. The number of hydrogen-bond donors (Lipinski definition) is 1. The van der Waals surface area contributed by atoms with Crippen LogP contribution in [-0.2, 0) is 4.79 Å². The number of methoxy groups -OCH3 is 3. The van der Waals surface area contributed by atoms with E-state index in [1.807, 2.05) is 13.0 Å². The van der Waals surface area contributed by atoms with Crippen molar-refractivity contribution >= 4 is 17.5 Å². The van der Waals surface area contributed by atoms with E-state index < -0.39 is 17.8 Å². The third kappa shape index (κ3) is 4.58. The Bertz CT molecular complexity index is 1240. The average Bonchev–Trinajstić information content (AvgIpc) is 2.90. The van der Waals surface area contributed by atoms with Crippen molar-refractivity contribution < 1.29 is 28.2 Å². The maximum absolute atomic E-state index is 13.9. The van der Waals surface area contributed by atoms with Gasteiger partial charge in [0, 0.05) is 17.8 Å². The van der Waals surface area contributed by atoms with E-state index in [4.69, 9.17) is 14.2 Å². The topological polar surface area (TPSA) is 77.1 Å². The molecule has 0 aromatic heterocycles. The predicted molar refractivity (Wildman–Crippen MR) is 134 cm³/mol. The fourth-order valence-corrected chi connectivity index (χ4v) is 4.76. The minimum Gasteiger partial charge on any atom is -0.493 e. The molecule has 1 heterocycles. The number of ether oxygens (including phenoxy) is 3. The highest BCUT2D eigenvalue weighted by Crippen LogP contribution is 2.47. The molecule has 1 aliphatic heterocycles. The maximum Gasteiger partial charge on any atom is 0.254 e. The number of hydrogen-bond acceptors (Lipinski definition) is 5. The maximum atomic E-state index is 13.9. The molecule has 0 saturated carbocycles. The van der Waals surface area contributed by atoms with E-state index in [9.17, 15) is 14.0 Å². The molecular weight excluding hydrogens is 463 g/mol. The zero-order valence-corrected chi connectivity index (χ0v) is 20.7. The van der Waals surface area contributed by atoms with Crippen LogP contribution in [0, 0.1) is 5.82 Å². The van der Waals surface area contributed by atoms with Crippen LogP contribution in [0.3, 0.4) is 0 Å². The quantitative estimate of drug-likeness (QED) is 0.469. The van der Waals surface area contributed by atoms with Gasteiger partial charge in [-0.15, -0.1) is 0 Å². The van der Waals surface area contributed by atoms with Gasteiger partial charge in [0.25, 0.3) is 5.91 Å². The molecule has 1 N–H and O–H groups in total. The van der Waals surface area contributed by atoms with Gasteiger partial charge >= 0.3 is 0 Å². The van der Waals surface area contributed by atoms with Gasteiger partial charge in [-0.1, -0.05) is 25.1 Å². The molecule has 0 fully saturated rings. The van der Waals surface area contributed by atoms with Gasteiger partial charge in [0.15, 0.2) is 11.5 Å². The van der Waals surface area contributed by atoms with Gasteiger partial charge in [-0.3, -0.25) is 9.59 Å². The second-order valence-corrected chi connectivity index (χ2v) is 8.46. The minimum atomic E-state index is -0.752. The molecule has 0 spiro atoms. The molecule has 1 aliphatic rings. The highest BCUT2D eigenvalue weighted by molar-refractivity contribution is 6.04. The summed E-state index contributed by atoms with van der Waals surface area (Å²) in [5.41, 5.74) is 2.23. The summed E-state index contributed by atoms with van der Waals surface area (Å²) in [5.74, 6) is -0.358. The number of nitrogens with one attached hydrogen (secondary N) is 1. The summed E-state index contributed by atoms with van der Waals surface area (Å²) in [6.07, 6.45) is 0.696. The van der Waals surface area contributed by atoms with Crippen LogP contribution in [0.2, 0.25) is 0 Å². The summed E-state index contributed by atoms with van der Waals surface area (Å²) < 4.78 is 30.0. The Kier molecular flexibility index (Phi) is 7.43. The molecule has 0 radical (unpaired) electrons. The van der Waals surface area contributed by atoms with Crippen molar-refractivity contribution in [3.8, 4) is 17.2 Å². The van der Waals surface area contributed by atoms with Crippen molar-refractivity contribution in [2.24, 2.45) is 0 Å². The molecule has 3 aromatic carbocycles.